The lowest BCUT2D eigenvalue weighted by Crippen LogP contribution is -2.41. The molecule has 37 heavy (non-hydrogen) atoms. The minimum atomic E-state index is -1.24. The van der Waals surface area contributed by atoms with Crippen LogP contribution in [0.3, 0.4) is 0 Å². The molecule has 2 atom stereocenters. The van der Waals surface area contributed by atoms with E-state index in [1.807, 2.05) is 60.7 Å². The van der Waals surface area contributed by atoms with Crippen LogP contribution in [0.15, 0.2) is 88.8 Å². The van der Waals surface area contributed by atoms with Gasteiger partial charge >= 0.3 is 0 Å². The summed E-state index contributed by atoms with van der Waals surface area (Å²) in [6.07, 6.45) is 8.33. The first-order valence-electron chi connectivity index (χ1n) is 12.2. The lowest BCUT2D eigenvalue weighted by molar-refractivity contribution is -0.130. The van der Waals surface area contributed by atoms with Crippen LogP contribution in [-0.2, 0) is 25.2 Å². The van der Waals surface area contributed by atoms with E-state index in [1.165, 1.54) is 0 Å². The average Bonchev–Trinajstić information content (AvgIpc) is 2.92. The molecule has 8 nitrogen and oxygen atoms in total. The zero-order chi connectivity index (χ0) is 26.3. The monoisotopic (exact) mass is 520 g/mol. The number of benzene rings is 2. The summed E-state index contributed by atoms with van der Waals surface area (Å²) in [5, 5.41) is 20.3. The highest BCUT2D eigenvalue weighted by molar-refractivity contribution is 7.46. The molecule has 0 saturated carbocycles. The van der Waals surface area contributed by atoms with Crippen LogP contribution in [0.5, 0.6) is 0 Å². The molecule has 0 heterocycles. The molecule has 0 radical (unpaired) electrons. The van der Waals surface area contributed by atoms with Gasteiger partial charge in [0.1, 0.15) is 0 Å². The summed E-state index contributed by atoms with van der Waals surface area (Å²) < 4.78 is 17.4. The molecule has 0 aromatic heterocycles. The number of anilines is 1. The second-order valence-corrected chi connectivity index (χ2v) is 10.2. The molecule has 0 aliphatic heterocycles. The molecule has 2 aromatic rings. The lowest BCUT2D eigenvalue weighted by atomic mass is 9.91. The summed E-state index contributed by atoms with van der Waals surface area (Å²) in [6.45, 7) is 4.53. The van der Waals surface area contributed by atoms with E-state index in [9.17, 15) is 4.79 Å². The van der Waals surface area contributed by atoms with Gasteiger partial charge in [-0.2, -0.15) is 15.5 Å². The normalized spacial score (nSPS) is 15.5. The molecule has 9 heteroatoms. The Bertz CT molecular complexity index is 1150. The molecular formula is C28H33N4O4P. The van der Waals surface area contributed by atoms with Crippen molar-refractivity contribution in [1.29, 1.82) is 5.26 Å². The van der Waals surface area contributed by atoms with Crippen LogP contribution >= 0.6 is 8.38 Å². The van der Waals surface area contributed by atoms with Gasteiger partial charge in [-0.3, -0.25) is 4.79 Å². The number of allylic oxidation sites excluding steroid dienone is 3. The first kappa shape index (κ1) is 28.4. The topological polar surface area (TPSA) is 105 Å². The molecule has 0 bridgehead atoms. The number of carbonyl (C=O) groups excluding carboxylic acids is 1. The fourth-order valence-electron chi connectivity index (χ4n) is 3.35. The maximum Gasteiger partial charge on any atom is 0.235 e. The third-order valence-electron chi connectivity index (χ3n) is 5.49. The van der Waals surface area contributed by atoms with E-state index in [0.29, 0.717) is 24.6 Å². The second-order valence-electron chi connectivity index (χ2n) is 8.81. The number of carbonyl (C=O) groups is 1. The van der Waals surface area contributed by atoms with Crippen LogP contribution in [0.25, 0.3) is 0 Å². The van der Waals surface area contributed by atoms with Gasteiger partial charge in [-0.1, -0.05) is 48.6 Å². The smallest absolute Gasteiger partial charge is 0.235 e. The van der Waals surface area contributed by atoms with Gasteiger partial charge in [-0.25, -0.2) is 0 Å². The first-order valence-corrected chi connectivity index (χ1v) is 13.8. The summed E-state index contributed by atoms with van der Waals surface area (Å²) in [7, 11) is -1.24. The highest BCUT2D eigenvalue weighted by atomic mass is 31.2. The van der Waals surface area contributed by atoms with E-state index in [4.69, 9.17) is 19.0 Å². The van der Waals surface area contributed by atoms with Crippen molar-refractivity contribution in [2.24, 2.45) is 15.6 Å². The van der Waals surface area contributed by atoms with E-state index < -0.39 is 13.8 Å². The van der Waals surface area contributed by atoms with E-state index in [1.54, 1.807) is 25.7 Å². The van der Waals surface area contributed by atoms with Crippen molar-refractivity contribution >= 4 is 25.7 Å². The number of nitrogens with zero attached hydrogens (tertiary/aromatic N) is 3. The van der Waals surface area contributed by atoms with Crippen molar-refractivity contribution in [3.63, 3.8) is 0 Å². The molecular weight excluding hydrogens is 487 g/mol. The minimum Gasteiger partial charge on any atom is -0.376 e. The Morgan fingerprint density at radius 1 is 1.11 bits per heavy atom. The zero-order valence-corrected chi connectivity index (χ0v) is 22.2. The highest BCUT2D eigenvalue weighted by Crippen LogP contribution is 2.36. The van der Waals surface area contributed by atoms with Crippen LogP contribution < -0.4 is 5.32 Å². The second kappa shape index (κ2) is 15.1. The maximum absolute atomic E-state index is 13.4. The number of nitriles is 1. The van der Waals surface area contributed by atoms with Crippen LogP contribution in [-0.4, -0.2) is 32.4 Å². The largest absolute Gasteiger partial charge is 0.376 e. The van der Waals surface area contributed by atoms with Crippen molar-refractivity contribution in [2.45, 2.75) is 32.8 Å². The van der Waals surface area contributed by atoms with Gasteiger partial charge in [0.2, 0.25) is 5.91 Å². The molecule has 0 spiro atoms. The van der Waals surface area contributed by atoms with Gasteiger partial charge in [0, 0.05) is 12.4 Å². The summed E-state index contributed by atoms with van der Waals surface area (Å²) >= 11 is 0. The molecule has 194 valence electrons. The van der Waals surface area contributed by atoms with Gasteiger partial charge in [0.05, 0.1) is 55.7 Å². The van der Waals surface area contributed by atoms with Crippen LogP contribution in [0.4, 0.5) is 11.4 Å². The molecule has 1 amide bonds. The average molecular weight is 521 g/mol. The van der Waals surface area contributed by atoms with E-state index >= 15 is 0 Å². The molecule has 1 N–H and O–H groups in total. The Kier molecular flexibility index (Phi) is 11.6. The number of hydrogen-bond donors (Lipinski definition) is 1. The van der Waals surface area contributed by atoms with E-state index in [0.717, 1.165) is 24.1 Å². The molecule has 0 fully saturated rings. The molecule has 2 aromatic carbocycles. The number of nitrogens with one attached hydrogen (secondary N) is 1. The van der Waals surface area contributed by atoms with Crippen molar-refractivity contribution in [1.82, 2.24) is 0 Å². The van der Waals surface area contributed by atoms with Crippen molar-refractivity contribution < 1.29 is 18.6 Å². The SMILES string of the molecule is CP(OCCC#N)OCC(C)(COCc1ccccc1)C(=O)Nc1cccc(N=NC2=CCCC=C2)c1. The Morgan fingerprint density at radius 2 is 1.95 bits per heavy atom. The third-order valence-corrected chi connectivity index (χ3v) is 6.53. The van der Waals surface area contributed by atoms with Crippen molar-refractivity contribution in [2.75, 3.05) is 31.8 Å². The van der Waals surface area contributed by atoms with Gasteiger partial charge < -0.3 is 19.1 Å². The summed E-state index contributed by atoms with van der Waals surface area (Å²) in [5.74, 6) is -0.243. The lowest BCUT2D eigenvalue weighted by Gasteiger charge is -2.29. The highest BCUT2D eigenvalue weighted by Gasteiger charge is 2.35. The predicted molar refractivity (Wildman–Crippen MR) is 145 cm³/mol. The molecule has 0 saturated heterocycles. The minimum absolute atomic E-state index is 0.0995. The molecule has 1 aliphatic rings. The number of rotatable bonds is 14. The summed E-state index contributed by atoms with van der Waals surface area (Å²) in [4.78, 5) is 13.4. The Labute approximate surface area is 220 Å². The van der Waals surface area contributed by atoms with E-state index in [2.05, 4.69) is 21.6 Å². The molecule has 3 rings (SSSR count). The molecule has 2 unspecified atom stereocenters. The Morgan fingerprint density at radius 3 is 2.70 bits per heavy atom. The number of ether oxygens (including phenoxy) is 1. The third kappa shape index (κ3) is 9.99. The standard InChI is InChI=1S/C28H33N4O4P/c1-28(22-36-37(2)35-18-10-17-29,21-34-20-23-11-5-3-6-12-23)27(33)30-25-15-9-16-26(19-25)32-31-24-13-7-4-8-14-24/h3,5-7,9,11-16,19H,4,8,10,18,20-22H2,1-2H3,(H,30,33). The predicted octanol–water partition coefficient (Wildman–Crippen LogP) is 7.05. The fourth-order valence-corrected chi connectivity index (χ4v) is 4.24. The van der Waals surface area contributed by atoms with Crippen LogP contribution in [0, 0.1) is 16.7 Å². The Hall–Kier alpha value is -3.21. The van der Waals surface area contributed by atoms with Crippen LogP contribution in [0.2, 0.25) is 0 Å². The number of amides is 1. The van der Waals surface area contributed by atoms with Crippen LogP contribution in [0.1, 0.15) is 31.7 Å². The summed E-state index contributed by atoms with van der Waals surface area (Å²) in [6, 6.07) is 19.1. The summed E-state index contributed by atoms with van der Waals surface area (Å²) in [5.41, 5.74) is 2.10. The fraction of sp³-hybridized carbons (Fsp3) is 0.357. The van der Waals surface area contributed by atoms with E-state index in [-0.39, 0.29) is 25.5 Å². The van der Waals surface area contributed by atoms with Gasteiger partial charge in [-0.15, -0.1) is 0 Å². The molecule has 1 aliphatic carbocycles. The number of azo groups is 1. The van der Waals surface area contributed by atoms with Crippen molar-refractivity contribution in [3.05, 3.63) is 84.1 Å². The first-order chi connectivity index (χ1) is 18.0. The number of hydrogen-bond acceptors (Lipinski definition) is 7. The quantitative estimate of drug-likeness (QED) is 0.163. The maximum atomic E-state index is 13.4. The van der Waals surface area contributed by atoms with Gasteiger partial charge in [0.25, 0.3) is 0 Å². The Balaban J connectivity index is 1.65. The van der Waals surface area contributed by atoms with Crippen molar-refractivity contribution in [3.8, 4) is 6.07 Å². The van der Waals surface area contributed by atoms with Gasteiger partial charge in [-0.05, 0) is 49.6 Å². The van der Waals surface area contributed by atoms with Gasteiger partial charge in [0.15, 0.2) is 8.38 Å². The zero-order valence-electron chi connectivity index (χ0n) is 21.3.